The Bertz CT molecular complexity index is 8.00. The molecule has 0 saturated heterocycles. The van der Waals surface area contributed by atoms with Crippen LogP contribution in [0, 0.1) is 0 Å². The van der Waals surface area contributed by atoms with E-state index in [9.17, 15) is 0 Å². The van der Waals surface area contributed by atoms with Gasteiger partial charge in [-0.2, -0.15) is 0 Å². The molecule has 1 radical (unpaired) electrons. The third kappa shape index (κ3) is 8.83. The fraction of sp³-hybridized carbons (Fsp3) is 0. The van der Waals surface area contributed by atoms with Crippen molar-refractivity contribution in [2.24, 2.45) is 0 Å². The summed E-state index contributed by atoms with van der Waals surface area (Å²) >= 11 is 1.64. The predicted molar refractivity (Wildman–Crippen MR) is 18.9 cm³/mol. The van der Waals surface area contributed by atoms with Gasteiger partial charge in [0.2, 0.25) is 0 Å². The molecule has 0 atom stereocenters. The van der Waals surface area contributed by atoms with E-state index in [0.717, 1.165) is 0 Å². The molecule has 0 aliphatic carbocycles. The van der Waals surface area contributed by atoms with Crippen LogP contribution in [0.15, 0.2) is 0 Å². The molecule has 0 aromatic heterocycles. The van der Waals surface area contributed by atoms with Crippen LogP contribution >= 0.6 is 10.3 Å². The first kappa shape index (κ1) is 16.1. The molecule has 4 heavy (non-hydrogen) atoms. The summed E-state index contributed by atoms with van der Waals surface area (Å²) in [5.74, 6) is 0. The Morgan fingerprint density at radius 2 is 1.25 bits per heavy atom. The van der Waals surface area contributed by atoms with E-state index in [1.807, 2.05) is 0 Å². The Labute approximate surface area is 71.1 Å². The average Bonchev–Trinajstić information content (AvgIpc) is 1.00. The van der Waals surface area contributed by atoms with E-state index in [-0.39, 0.29) is 43.3 Å². The van der Waals surface area contributed by atoms with Gasteiger partial charge in [0, 0.05) is 17.1 Å². The van der Waals surface area contributed by atoms with Gasteiger partial charge < -0.3 is 0 Å². The second-order valence-corrected chi connectivity index (χ2v) is 0. The maximum atomic E-state index is 3.54. The van der Waals surface area contributed by atoms with Gasteiger partial charge in [0.15, 0.2) is 0 Å². The van der Waals surface area contributed by atoms with Crippen molar-refractivity contribution in [3.63, 3.8) is 0 Å². The van der Waals surface area contributed by atoms with Crippen molar-refractivity contribution in [1.82, 2.24) is 0 Å². The first-order valence-electron chi connectivity index (χ1n) is 0.183. The van der Waals surface area contributed by atoms with Crippen LogP contribution in [0.1, 0.15) is 0 Å². The van der Waals surface area contributed by atoms with E-state index in [4.69, 9.17) is 0 Å². The topological polar surface area (TPSA) is 0 Å². The molecule has 0 unspecified atom stereocenters. The second-order valence-electron chi connectivity index (χ2n) is 0. The van der Waals surface area contributed by atoms with Gasteiger partial charge in [-0.1, -0.05) is 0 Å². The number of thiol groups is 1. The summed E-state index contributed by atoms with van der Waals surface area (Å²) in [5.41, 5.74) is 0. The fourth-order valence-electron chi connectivity index (χ4n) is 0. The van der Waals surface area contributed by atoms with Crippen molar-refractivity contribution in [2.75, 3.05) is 0 Å². The quantitative estimate of drug-likeness (QED) is 0.396. The van der Waals surface area contributed by atoms with Crippen molar-refractivity contribution >= 4 is 36.5 Å². The maximum absolute atomic E-state index is 3.54. The molecule has 0 saturated carbocycles. The molecular weight excluding hydrogens is 401 g/mol. The van der Waals surface area contributed by atoms with Gasteiger partial charge in [0.1, 0.15) is 0 Å². The molecule has 0 heterocycles. The molecule has 0 nitrogen and oxygen atoms in total. The molecule has 0 spiro atoms. The summed E-state index contributed by atoms with van der Waals surface area (Å²) in [4.78, 5) is 0. The van der Waals surface area contributed by atoms with Crippen molar-refractivity contribution in [3.05, 3.63) is 0 Å². The Morgan fingerprint density at radius 3 is 1.25 bits per heavy atom. The van der Waals surface area contributed by atoms with Crippen LogP contribution in [0.2, 0.25) is 0 Å². The van der Waals surface area contributed by atoms with Gasteiger partial charge in [-0.05, 0) is 0 Å². The van der Waals surface area contributed by atoms with Crippen LogP contribution in [-0.4, -0.2) is 26.2 Å². The Kier molecular flexibility index (Phi) is 72.5. The van der Waals surface area contributed by atoms with Crippen LogP contribution in [-0.2, 0) is 35.6 Å². The van der Waals surface area contributed by atoms with Crippen LogP contribution in [0.25, 0.3) is 0 Å². The van der Waals surface area contributed by atoms with Crippen molar-refractivity contribution in [1.29, 1.82) is 0 Å². The molecule has 0 aromatic carbocycles. The van der Waals surface area contributed by atoms with Crippen LogP contribution < -0.4 is 0 Å². The molecule has 0 N–H and O–H groups in total. The number of rotatable bonds is 0. The van der Waals surface area contributed by atoms with Gasteiger partial charge in [-0.15, -0.1) is 0 Å². The van der Waals surface area contributed by atoms with E-state index < -0.39 is 0 Å². The van der Waals surface area contributed by atoms with Crippen LogP contribution in [0.4, 0.5) is 0 Å². The minimum absolute atomic E-state index is 0. The number of hydrogen-bond acceptors (Lipinski definition) is 1. The molecule has 0 bridgehead atoms. The molecule has 0 amide bonds. The van der Waals surface area contributed by atoms with E-state index in [1.165, 1.54) is 0 Å². The normalized spacial score (nSPS) is 1.25. The van der Waals surface area contributed by atoms with E-state index in [2.05, 4.69) is 10.3 Å². The zero-order chi connectivity index (χ0) is 2.00. The summed E-state index contributed by atoms with van der Waals surface area (Å²) in [6, 6.07) is 0. The standard InChI is InChI=1S/Bi.Cu.Mo.H2S.3H/h;;;1H2;;;/q;;+1;;;;/p-1. The minimum atomic E-state index is 0. The summed E-state index contributed by atoms with van der Waals surface area (Å²) in [6.45, 7) is 0. The summed E-state index contributed by atoms with van der Waals surface area (Å²) in [5, 5.41) is 0. The third-order valence-corrected chi connectivity index (χ3v) is 0. The molecule has 32 valence electrons. The van der Waals surface area contributed by atoms with Crippen LogP contribution in [0.3, 0.4) is 0 Å². The summed E-state index contributed by atoms with van der Waals surface area (Å²) in [6.07, 6.45) is 0. The van der Waals surface area contributed by atoms with E-state index in [1.54, 1.807) is 18.5 Å². The van der Waals surface area contributed by atoms with Crippen molar-refractivity contribution in [2.45, 2.75) is 0 Å². The first-order valence-corrected chi connectivity index (χ1v) is 3.24. The average molecular weight is 405 g/mol. The van der Waals surface area contributed by atoms with Gasteiger partial charge in [0.25, 0.3) is 0 Å². The van der Waals surface area contributed by atoms with Gasteiger partial charge in [0.05, 0.1) is 0 Å². The zero-order valence-electron chi connectivity index (χ0n) is 1.86. The molecule has 0 aliphatic heterocycles. The molecule has 4 heteroatoms. The third-order valence-electron chi connectivity index (χ3n) is 0. The summed E-state index contributed by atoms with van der Waals surface area (Å²) in [7, 11) is 3.54. The predicted octanol–water partition coefficient (Wildman–Crippen LogP) is -0.808. The Balaban J connectivity index is -0.00000000500. The second kappa shape index (κ2) is 18.0. The van der Waals surface area contributed by atoms with Crippen LogP contribution in [0.5, 0.6) is 0 Å². The molecular formula is H4BiCuMoS. The Morgan fingerprint density at radius 1 is 1.25 bits per heavy atom. The SMILES string of the molecule is [BiH3].[Cu].[SH][Mo]. The Hall–Kier alpha value is 2.44. The molecule has 0 fully saturated rings. The first-order chi connectivity index (χ1) is 1.00. The van der Waals surface area contributed by atoms with E-state index >= 15 is 0 Å². The van der Waals surface area contributed by atoms with Gasteiger partial charge in [-0.3, -0.25) is 0 Å². The van der Waals surface area contributed by atoms with E-state index in [0.29, 0.717) is 0 Å². The zero-order valence-corrected chi connectivity index (χ0v) is 11.2. The monoisotopic (exact) mass is 406 g/mol. The molecule has 0 rings (SSSR count). The molecule has 0 aromatic rings. The van der Waals surface area contributed by atoms with Gasteiger partial charge in [-0.25, -0.2) is 0 Å². The number of hydrogen-bond donors (Lipinski definition) is 1. The fourth-order valence-corrected chi connectivity index (χ4v) is 0. The summed E-state index contributed by atoms with van der Waals surface area (Å²) < 4.78 is 0. The van der Waals surface area contributed by atoms with Gasteiger partial charge >= 0.3 is 55.1 Å². The molecule has 0 aliphatic rings. The van der Waals surface area contributed by atoms with Crippen molar-refractivity contribution in [3.8, 4) is 0 Å². The van der Waals surface area contributed by atoms with Crippen molar-refractivity contribution < 1.29 is 35.6 Å².